The Balaban J connectivity index is 1.14. The normalized spacial score (nSPS) is 22.3. The van der Waals surface area contributed by atoms with E-state index in [1.807, 2.05) is 39.3 Å². The van der Waals surface area contributed by atoms with Gasteiger partial charge in [-0.1, -0.05) is 33.8 Å². The Morgan fingerprint density at radius 3 is 2.63 bits per heavy atom. The number of hydrazine groups is 1. The molecule has 3 fully saturated rings. The molecule has 6 bridgehead atoms. The lowest BCUT2D eigenvalue weighted by atomic mass is 9.84. The predicted molar refractivity (Wildman–Crippen MR) is 249 cm³/mol. The van der Waals surface area contributed by atoms with Crippen molar-refractivity contribution in [1.82, 2.24) is 45.0 Å². The molecule has 8 rings (SSSR count). The van der Waals surface area contributed by atoms with Crippen molar-refractivity contribution in [2.75, 3.05) is 67.1 Å². The Bertz CT molecular complexity index is 2430. The number of fused-ring (bicyclic) bond motifs is 6. The van der Waals surface area contributed by atoms with Crippen molar-refractivity contribution in [3.63, 3.8) is 0 Å². The van der Waals surface area contributed by atoms with Crippen LogP contribution in [0.4, 0.5) is 4.79 Å². The third-order valence-electron chi connectivity index (χ3n) is 13.4. The van der Waals surface area contributed by atoms with Gasteiger partial charge in [0.2, 0.25) is 5.91 Å². The molecule has 4 aromatic rings. The molecule has 1 aromatic carbocycles. The number of likely N-dealkylation sites (tertiary alicyclic amines) is 1. The minimum atomic E-state index is -1.05. The van der Waals surface area contributed by atoms with Gasteiger partial charge in [-0.2, -0.15) is 0 Å². The van der Waals surface area contributed by atoms with Crippen molar-refractivity contribution in [1.29, 1.82) is 0 Å². The average Bonchev–Trinajstić information content (AvgIpc) is 3.87. The van der Waals surface area contributed by atoms with Crippen LogP contribution in [0.25, 0.3) is 33.4 Å². The third kappa shape index (κ3) is 9.40. The van der Waals surface area contributed by atoms with Crippen molar-refractivity contribution in [3.05, 3.63) is 58.2 Å². The predicted octanol–water partition coefficient (Wildman–Crippen LogP) is 5.30. The van der Waals surface area contributed by atoms with E-state index in [0.717, 1.165) is 57.8 Å². The molecule has 0 saturated carbocycles. The summed E-state index contributed by atoms with van der Waals surface area (Å²) in [5.41, 5.74) is 8.98. The summed E-state index contributed by atoms with van der Waals surface area (Å²) in [6, 6.07) is 7.50. The number of nitrogens with one attached hydrogen (secondary N) is 2. The number of cyclic esters (lactones) is 1. The highest BCUT2D eigenvalue weighted by molar-refractivity contribution is 7.10. The van der Waals surface area contributed by atoms with Crippen LogP contribution >= 0.6 is 11.3 Å². The standard InChI is InChI=1S/C48H65N9O7S/c1-10-56-38-16-15-31-21-33(38)34(42(56)32-13-11-17-49-40(32)30(4)62-9)23-47(5,6)28-63-45(60)35-14-12-18-57(52-35)44(59)36(22-39-50-37(31)24-65-39)51-43(58)41(29(2)3)54(8)46(61)55-26-48(27-55)25-53(7)19-20-64-48/h11,13,15-17,21,24,29-30,35-36,41,52H,10,12,14,18-20,22-23,25-28H2,1-9H3,(H,51,58)/t30-,35-,36-,41?/m0/s1. The van der Waals surface area contributed by atoms with Crippen LogP contribution in [0.15, 0.2) is 41.9 Å². The number of hydrogen-bond acceptors (Lipinski definition) is 12. The van der Waals surface area contributed by atoms with E-state index in [1.54, 1.807) is 25.3 Å². The van der Waals surface area contributed by atoms with E-state index in [-0.39, 0.29) is 31.1 Å². The largest absolute Gasteiger partial charge is 0.464 e. The summed E-state index contributed by atoms with van der Waals surface area (Å²) in [5.74, 6) is -1.56. The number of aryl methyl sites for hydroxylation is 1. The smallest absolute Gasteiger partial charge is 0.324 e. The summed E-state index contributed by atoms with van der Waals surface area (Å²) in [4.78, 5) is 72.2. The molecule has 17 heteroatoms. The first kappa shape index (κ1) is 46.6. The van der Waals surface area contributed by atoms with Gasteiger partial charge < -0.3 is 38.8 Å². The number of methoxy groups -OCH3 is 1. The Labute approximate surface area is 385 Å². The molecule has 0 radical (unpaired) electrons. The van der Waals surface area contributed by atoms with E-state index in [1.165, 1.54) is 21.2 Å². The van der Waals surface area contributed by atoms with Gasteiger partial charge in [0.15, 0.2) is 0 Å². The third-order valence-corrected chi connectivity index (χ3v) is 14.3. The number of nitrogens with zero attached hydrogens (tertiary/aromatic N) is 7. The van der Waals surface area contributed by atoms with E-state index in [4.69, 9.17) is 24.2 Å². The Kier molecular flexibility index (Phi) is 13.4. The zero-order valence-corrected chi connectivity index (χ0v) is 40.1. The zero-order chi connectivity index (χ0) is 46.4. The summed E-state index contributed by atoms with van der Waals surface area (Å²) in [6.45, 7) is 16.4. The lowest BCUT2D eigenvalue weighted by Gasteiger charge is -2.54. The molecule has 7 heterocycles. The fourth-order valence-electron chi connectivity index (χ4n) is 10.1. The molecule has 65 heavy (non-hydrogen) atoms. The molecule has 350 valence electrons. The molecule has 3 saturated heterocycles. The lowest BCUT2D eigenvalue weighted by molar-refractivity contribution is -0.169. The minimum absolute atomic E-state index is 0.101. The average molecular weight is 912 g/mol. The van der Waals surface area contributed by atoms with Crippen LogP contribution in [-0.2, 0) is 48.0 Å². The maximum atomic E-state index is 14.6. The number of amides is 4. The van der Waals surface area contributed by atoms with Gasteiger partial charge in [-0.3, -0.25) is 24.4 Å². The number of hydrogen-bond donors (Lipinski definition) is 2. The summed E-state index contributed by atoms with van der Waals surface area (Å²) in [7, 11) is 5.38. The van der Waals surface area contributed by atoms with E-state index in [2.05, 4.69) is 65.2 Å². The Morgan fingerprint density at radius 2 is 1.91 bits per heavy atom. The number of likely N-dealkylation sites (N-methyl/N-ethyl adjacent to an activating group) is 2. The van der Waals surface area contributed by atoms with E-state index in [0.29, 0.717) is 57.1 Å². The van der Waals surface area contributed by atoms with Gasteiger partial charge in [0, 0.05) is 85.8 Å². The van der Waals surface area contributed by atoms with Gasteiger partial charge in [0.05, 0.1) is 54.5 Å². The fraction of sp³-hybridized carbons (Fsp3) is 0.583. The molecule has 4 aliphatic rings. The molecule has 4 amide bonds. The summed E-state index contributed by atoms with van der Waals surface area (Å²) < 4.78 is 20.4. The lowest BCUT2D eigenvalue weighted by Crippen LogP contribution is -2.72. The second-order valence-corrected chi connectivity index (χ2v) is 20.4. The van der Waals surface area contributed by atoms with Crippen LogP contribution in [0.2, 0.25) is 0 Å². The summed E-state index contributed by atoms with van der Waals surface area (Å²) >= 11 is 1.43. The monoisotopic (exact) mass is 911 g/mol. The molecule has 0 aliphatic carbocycles. The number of aromatic nitrogens is 3. The SMILES string of the molecule is CCn1c(-c2cccnc2[C@H](C)OC)c2c3cc(ccc31)-c1csc(n1)C[C@H](NC(=O)C(C(C)C)N(C)C(=O)N1CC3(CN(C)CCO3)C1)C(=O)N1CCC[C@H](N1)C(=O)OCC(C)(C)C2. The highest BCUT2D eigenvalue weighted by Gasteiger charge is 2.50. The first-order valence-electron chi connectivity index (χ1n) is 23.0. The quantitative estimate of drug-likeness (QED) is 0.221. The van der Waals surface area contributed by atoms with Gasteiger partial charge in [0.25, 0.3) is 5.91 Å². The zero-order valence-electron chi connectivity index (χ0n) is 39.3. The number of benzene rings is 1. The van der Waals surface area contributed by atoms with Crippen LogP contribution in [0.1, 0.15) is 76.8 Å². The van der Waals surface area contributed by atoms with Crippen molar-refractivity contribution in [2.45, 2.75) is 104 Å². The van der Waals surface area contributed by atoms with Crippen LogP contribution in [-0.4, -0.2) is 149 Å². The number of carbonyl (C=O) groups excluding carboxylic acids is 4. The highest BCUT2D eigenvalue weighted by Crippen LogP contribution is 2.42. The second kappa shape index (κ2) is 18.7. The topological polar surface area (TPSA) is 164 Å². The van der Waals surface area contributed by atoms with Crippen molar-refractivity contribution in [3.8, 4) is 22.5 Å². The number of ether oxygens (including phenoxy) is 3. The van der Waals surface area contributed by atoms with Crippen LogP contribution < -0.4 is 10.7 Å². The first-order valence-corrected chi connectivity index (χ1v) is 23.9. The number of carbonyl (C=O) groups is 4. The second-order valence-electron chi connectivity index (χ2n) is 19.5. The van der Waals surface area contributed by atoms with Crippen LogP contribution in [0.3, 0.4) is 0 Å². The van der Waals surface area contributed by atoms with Gasteiger partial charge in [-0.05, 0) is 75.9 Å². The molecule has 1 unspecified atom stereocenters. The Morgan fingerprint density at radius 1 is 1.12 bits per heavy atom. The molecule has 16 nitrogen and oxygen atoms in total. The van der Waals surface area contributed by atoms with E-state index in [9.17, 15) is 19.2 Å². The maximum absolute atomic E-state index is 14.6. The Hall–Kier alpha value is -4.94. The van der Waals surface area contributed by atoms with Crippen molar-refractivity contribution in [2.24, 2.45) is 11.3 Å². The minimum Gasteiger partial charge on any atom is -0.464 e. The van der Waals surface area contributed by atoms with Gasteiger partial charge in [0.1, 0.15) is 23.7 Å². The number of morpholine rings is 1. The van der Waals surface area contributed by atoms with Gasteiger partial charge in [-0.15, -0.1) is 11.3 Å². The summed E-state index contributed by atoms with van der Waals surface area (Å²) in [5, 5.41) is 8.20. The van der Waals surface area contributed by atoms with Crippen molar-refractivity contribution >= 4 is 46.1 Å². The highest BCUT2D eigenvalue weighted by atomic mass is 32.1. The first-order chi connectivity index (χ1) is 31.0. The molecule has 4 atom stereocenters. The molecule has 4 aliphatic heterocycles. The maximum Gasteiger partial charge on any atom is 0.324 e. The molecular formula is C48H65N9O7S. The molecule has 1 spiro atoms. The number of esters is 1. The van der Waals surface area contributed by atoms with E-state index < -0.39 is 46.9 Å². The fourth-order valence-corrected chi connectivity index (χ4v) is 10.9. The summed E-state index contributed by atoms with van der Waals surface area (Å²) in [6.07, 6.45) is 3.27. The van der Waals surface area contributed by atoms with Gasteiger partial charge >= 0.3 is 12.0 Å². The molecule has 3 aromatic heterocycles. The van der Waals surface area contributed by atoms with E-state index >= 15 is 0 Å². The molecular weight excluding hydrogens is 847 g/mol. The number of thiazole rings is 1. The number of pyridine rings is 1. The number of urea groups is 1. The van der Waals surface area contributed by atoms with Crippen LogP contribution in [0, 0.1) is 11.3 Å². The van der Waals surface area contributed by atoms with Gasteiger partial charge in [-0.25, -0.2) is 15.2 Å². The van der Waals surface area contributed by atoms with Crippen LogP contribution in [0.5, 0.6) is 0 Å². The molecule has 2 N–H and O–H groups in total. The van der Waals surface area contributed by atoms with Crippen molar-refractivity contribution < 1.29 is 33.4 Å². The number of rotatable bonds is 8.